The largest absolute Gasteiger partial charge is 0.470 e. The van der Waals surface area contributed by atoms with Crippen molar-refractivity contribution >= 4 is 11.8 Å². The van der Waals surface area contributed by atoms with E-state index in [-0.39, 0.29) is 24.0 Å². The molecule has 7 heteroatoms. The first-order chi connectivity index (χ1) is 12.7. The minimum absolute atomic E-state index is 0.0523. The van der Waals surface area contributed by atoms with E-state index < -0.39 is 0 Å². The van der Waals surface area contributed by atoms with Gasteiger partial charge in [-0.15, -0.1) is 0 Å². The van der Waals surface area contributed by atoms with Crippen LogP contribution in [0.3, 0.4) is 0 Å². The summed E-state index contributed by atoms with van der Waals surface area (Å²) in [4.78, 5) is 30.4. The number of hydrogen-bond acceptors (Lipinski definition) is 5. The second-order valence-corrected chi connectivity index (χ2v) is 6.80. The number of aromatic nitrogens is 1. The quantitative estimate of drug-likeness (QED) is 0.831. The van der Waals surface area contributed by atoms with E-state index in [4.69, 9.17) is 9.47 Å². The number of rotatable bonds is 6. The Morgan fingerprint density at radius 1 is 1.35 bits per heavy atom. The Bertz CT molecular complexity index is 596. The Kier molecular flexibility index (Phi) is 6.82. The van der Waals surface area contributed by atoms with E-state index in [0.29, 0.717) is 44.9 Å². The van der Waals surface area contributed by atoms with Gasteiger partial charge in [-0.25, -0.2) is 4.98 Å². The molecule has 2 fully saturated rings. The van der Waals surface area contributed by atoms with Gasteiger partial charge in [0.2, 0.25) is 17.7 Å². The van der Waals surface area contributed by atoms with Crippen LogP contribution in [-0.2, 0) is 14.3 Å². The van der Waals surface area contributed by atoms with Gasteiger partial charge in [0, 0.05) is 44.8 Å². The van der Waals surface area contributed by atoms with Crippen molar-refractivity contribution in [3.63, 3.8) is 0 Å². The van der Waals surface area contributed by atoms with E-state index in [0.717, 1.165) is 25.8 Å². The van der Waals surface area contributed by atoms with Crippen molar-refractivity contribution < 1.29 is 19.1 Å². The van der Waals surface area contributed by atoms with E-state index >= 15 is 0 Å². The van der Waals surface area contributed by atoms with E-state index in [9.17, 15) is 9.59 Å². The first kappa shape index (κ1) is 18.6. The van der Waals surface area contributed by atoms with Gasteiger partial charge in [0.1, 0.15) is 6.10 Å². The molecule has 0 unspecified atom stereocenters. The zero-order valence-corrected chi connectivity index (χ0v) is 15.1. The van der Waals surface area contributed by atoms with E-state index in [1.165, 1.54) is 0 Å². The maximum Gasteiger partial charge on any atom is 0.222 e. The number of likely N-dealkylation sites (tertiary alicyclic amines) is 1. The molecule has 1 N–H and O–H groups in total. The van der Waals surface area contributed by atoms with Crippen molar-refractivity contribution in [2.45, 2.75) is 50.7 Å². The highest BCUT2D eigenvalue weighted by Crippen LogP contribution is 2.16. The molecule has 0 saturated carbocycles. The summed E-state index contributed by atoms with van der Waals surface area (Å²) in [6.45, 7) is 2.26. The van der Waals surface area contributed by atoms with Crippen LogP contribution in [0.4, 0.5) is 0 Å². The number of carbonyl (C=O) groups excluding carboxylic acids is 2. The lowest BCUT2D eigenvalue weighted by Gasteiger charge is -2.32. The van der Waals surface area contributed by atoms with E-state index in [1.807, 2.05) is 17.0 Å². The Morgan fingerprint density at radius 3 is 3.12 bits per heavy atom. The molecular formula is C19H27N3O4. The Labute approximate surface area is 154 Å². The number of carbonyl (C=O) groups is 2. The maximum atomic E-state index is 12.4. The fraction of sp³-hybridized carbons (Fsp3) is 0.632. The Balaban J connectivity index is 1.49. The smallest absolute Gasteiger partial charge is 0.222 e. The van der Waals surface area contributed by atoms with Crippen molar-refractivity contribution in [3.8, 4) is 5.88 Å². The fourth-order valence-electron chi connectivity index (χ4n) is 3.36. The topological polar surface area (TPSA) is 80.8 Å². The second kappa shape index (κ2) is 9.52. The van der Waals surface area contributed by atoms with Gasteiger partial charge in [-0.3, -0.25) is 9.59 Å². The molecule has 3 heterocycles. The third kappa shape index (κ3) is 5.42. The lowest BCUT2D eigenvalue weighted by Crippen LogP contribution is -2.51. The average molecular weight is 361 g/mol. The zero-order chi connectivity index (χ0) is 18.2. The normalized spacial score (nSPS) is 24.0. The number of hydrogen-bond donors (Lipinski definition) is 1. The molecule has 7 nitrogen and oxygen atoms in total. The van der Waals surface area contributed by atoms with Crippen molar-refractivity contribution in [3.05, 3.63) is 24.4 Å². The monoisotopic (exact) mass is 361 g/mol. The molecule has 0 aliphatic carbocycles. The van der Waals surface area contributed by atoms with Crippen LogP contribution in [0.2, 0.25) is 0 Å². The summed E-state index contributed by atoms with van der Waals surface area (Å²) in [6, 6.07) is 5.36. The molecule has 0 aromatic carbocycles. The van der Waals surface area contributed by atoms with Crippen molar-refractivity contribution in [1.82, 2.24) is 15.2 Å². The van der Waals surface area contributed by atoms with E-state index in [1.54, 1.807) is 12.3 Å². The molecule has 26 heavy (non-hydrogen) atoms. The highest BCUT2D eigenvalue weighted by molar-refractivity contribution is 5.79. The van der Waals surface area contributed by atoms with Gasteiger partial charge < -0.3 is 19.7 Å². The molecular weight excluding hydrogens is 334 g/mol. The Morgan fingerprint density at radius 2 is 2.27 bits per heavy atom. The van der Waals surface area contributed by atoms with Gasteiger partial charge in [0.05, 0.1) is 12.6 Å². The van der Waals surface area contributed by atoms with Crippen LogP contribution < -0.4 is 10.1 Å². The maximum absolute atomic E-state index is 12.4. The lowest BCUT2D eigenvalue weighted by atomic mass is 10.1. The van der Waals surface area contributed by atoms with Crippen molar-refractivity contribution in [2.75, 3.05) is 26.3 Å². The predicted molar refractivity (Wildman–Crippen MR) is 95.7 cm³/mol. The molecule has 3 rings (SSSR count). The third-order valence-corrected chi connectivity index (χ3v) is 4.84. The van der Waals surface area contributed by atoms with Crippen LogP contribution in [0.5, 0.6) is 5.88 Å². The summed E-state index contributed by atoms with van der Waals surface area (Å²) in [7, 11) is 0. The van der Waals surface area contributed by atoms with Crippen LogP contribution in [0.1, 0.15) is 38.5 Å². The number of amides is 2. The van der Waals surface area contributed by atoms with Crippen LogP contribution in [0, 0.1) is 0 Å². The second-order valence-electron chi connectivity index (χ2n) is 6.80. The van der Waals surface area contributed by atoms with Crippen LogP contribution >= 0.6 is 0 Å². The molecule has 2 saturated heterocycles. The fourth-order valence-corrected chi connectivity index (χ4v) is 3.36. The van der Waals surface area contributed by atoms with Gasteiger partial charge in [0.25, 0.3) is 0 Å². The summed E-state index contributed by atoms with van der Waals surface area (Å²) in [5.41, 5.74) is 0. The summed E-state index contributed by atoms with van der Waals surface area (Å²) >= 11 is 0. The zero-order valence-electron chi connectivity index (χ0n) is 15.1. The van der Waals surface area contributed by atoms with Crippen molar-refractivity contribution in [2.24, 2.45) is 0 Å². The number of pyridine rings is 1. The number of nitrogens with zero attached hydrogens (tertiary/aromatic N) is 2. The van der Waals surface area contributed by atoms with Gasteiger partial charge in [0.15, 0.2) is 0 Å². The minimum atomic E-state index is -0.262. The molecule has 0 spiro atoms. The van der Waals surface area contributed by atoms with Crippen molar-refractivity contribution in [1.29, 1.82) is 0 Å². The minimum Gasteiger partial charge on any atom is -0.470 e. The molecule has 142 valence electrons. The van der Waals surface area contributed by atoms with Crippen LogP contribution in [0.25, 0.3) is 0 Å². The molecule has 2 aliphatic heterocycles. The van der Waals surface area contributed by atoms with Gasteiger partial charge >= 0.3 is 0 Å². The molecule has 1 aromatic rings. The summed E-state index contributed by atoms with van der Waals surface area (Å²) < 4.78 is 11.4. The standard InChI is InChI=1S/C19H27N3O4/c23-17(8-12-22-11-5-1-2-7-19(22)24)21-15-9-13-25-14-16(15)26-18-6-3-4-10-20-18/h3-4,6,10,15-16H,1-2,5,7-9,11-14H2,(H,21,23)/t15-,16-/m1/s1. The molecule has 2 amide bonds. The summed E-state index contributed by atoms with van der Waals surface area (Å²) in [5, 5.41) is 3.05. The van der Waals surface area contributed by atoms with E-state index in [2.05, 4.69) is 10.3 Å². The highest BCUT2D eigenvalue weighted by Gasteiger charge is 2.29. The molecule has 0 radical (unpaired) electrons. The summed E-state index contributed by atoms with van der Waals surface area (Å²) in [6.07, 6.45) is 6.09. The first-order valence-corrected chi connectivity index (χ1v) is 9.45. The summed E-state index contributed by atoms with van der Waals surface area (Å²) in [5.74, 6) is 0.638. The van der Waals surface area contributed by atoms with Gasteiger partial charge in [-0.1, -0.05) is 12.5 Å². The highest BCUT2D eigenvalue weighted by atomic mass is 16.5. The molecule has 2 atom stereocenters. The molecule has 0 bridgehead atoms. The lowest BCUT2D eigenvalue weighted by molar-refractivity contribution is -0.131. The molecule has 2 aliphatic rings. The number of ether oxygens (including phenoxy) is 2. The SMILES string of the molecule is O=C(CCN1CCCCCC1=O)N[C@@H]1CCOC[C@H]1Oc1ccccn1. The predicted octanol–water partition coefficient (Wildman–Crippen LogP) is 1.53. The third-order valence-electron chi connectivity index (χ3n) is 4.84. The van der Waals surface area contributed by atoms with Crippen LogP contribution in [0.15, 0.2) is 24.4 Å². The van der Waals surface area contributed by atoms with Crippen LogP contribution in [-0.4, -0.2) is 60.1 Å². The average Bonchev–Trinajstić information content (AvgIpc) is 2.87. The van der Waals surface area contributed by atoms with Gasteiger partial charge in [-0.2, -0.15) is 0 Å². The number of nitrogens with one attached hydrogen (secondary N) is 1. The molecule has 1 aromatic heterocycles. The first-order valence-electron chi connectivity index (χ1n) is 9.45. The Hall–Kier alpha value is -2.15. The van der Waals surface area contributed by atoms with Gasteiger partial charge in [-0.05, 0) is 25.3 Å².